The lowest BCUT2D eigenvalue weighted by Gasteiger charge is -2.03. The van der Waals surface area contributed by atoms with Crippen molar-refractivity contribution in [2.75, 3.05) is 0 Å². The number of alkyl halides is 1. The van der Waals surface area contributed by atoms with E-state index in [-0.39, 0.29) is 0 Å². The van der Waals surface area contributed by atoms with Crippen LogP contribution in [-0.2, 0) is 5.88 Å². The second-order valence-electron chi connectivity index (χ2n) is 3.26. The first-order valence-electron chi connectivity index (χ1n) is 4.62. The highest BCUT2D eigenvalue weighted by atomic mass is 35.5. The number of hydrogen-bond acceptors (Lipinski definition) is 3. The SMILES string of the molecule is Cc1nc(C)n(-c2ccnc(CCl)c2)n1. The summed E-state index contributed by atoms with van der Waals surface area (Å²) in [5, 5.41) is 4.29. The van der Waals surface area contributed by atoms with E-state index >= 15 is 0 Å². The molecule has 0 unspecified atom stereocenters. The number of rotatable bonds is 2. The minimum absolute atomic E-state index is 0.403. The third-order valence-electron chi connectivity index (χ3n) is 2.06. The van der Waals surface area contributed by atoms with Gasteiger partial charge >= 0.3 is 0 Å². The monoisotopic (exact) mass is 222 g/mol. The summed E-state index contributed by atoms with van der Waals surface area (Å²) in [6.07, 6.45) is 1.73. The Balaban J connectivity index is 2.49. The van der Waals surface area contributed by atoms with Crippen LogP contribution in [0.25, 0.3) is 5.69 Å². The predicted octanol–water partition coefficient (Wildman–Crippen LogP) is 2.02. The molecule has 0 aliphatic carbocycles. The van der Waals surface area contributed by atoms with Gasteiger partial charge in [0.25, 0.3) is 0 Å². The summed E-state index contributed by atoms with van der Waals surface area (Å²) in [6, 6.07) is 3.80. The standard InChI is InChI=1S/C10H11ClN4/c1-7-13-8(2)15(14-7)10-3-4-12-9(5-10)6-11/h3-5H,6H2,1-2H3. The van der Waals surface area contributed by atoms with Crippen LogP contribution in [-0.4, -0.2) is 19.7 Å². The van der Waals surface area contributed by atoms with Crippen molar-refractivity contribution < 1.29 is 0 Å². The van der Waals surface area contributed by atoms with Crippen LogP contribution in [0.5, 0.6) is 0 Å². The quantitative estimate of drug-likeness (QED) is 0.731. The fourth-order valence-electron chi connectivity index (χ4n) is 1.44. The van der Waals surface area contributed by atoms with Crippen LogP contribution in [0.1, 0.15) is 17.3 Å². The summed E-state index contributed by atoms with van der Waals surface area (Å²) >= 11 is 5.72. The van der Waals surface area contributed by atoms with Gasteiger partial charge in [0, 0.05) is 6.20 Å². The molecule has 2 heterocycles. The van der Waals surface area contributed by atoms with Gasteiger partial charge in [-0.05, 0) is 26.0 Å². The molecule has 15 heavy (non-hydrogen) atoms. The molecule has 0 bridgehead atoms. The maximum absolute atomic E-state index is 5.72. The van der Waals surface area contributed by atoms with E-state index in [0.29, 0.717) is 5.88 Å². The van der Waals surface area contributed by atoms with E-state index < -0.39 is 0 Å². The molecule has 0 aromatic carbocycles. The van der Waals surface area contributed by atoms with Gasteiger partial charge in [0.15, 0.2) is 0 Å². The number of pyridine rings is 1. The molecule has 0 aliphatic heterocycles. The van der Waals surface area contributed by atoms with Crippen molar-refractivity contribution in [1.82, 2.24) is 19.7 Å². The van der Waals surface area contributed by atoms with Crippen LogP contribution >= 0.6 is 11.6 Å². The van der Waals surface area contributed by atoms with Gasteiger partial charge in [-0.25, -0.2) is 9.67 Å². The van der Waals surface area contributed by atoms with Gasteiger partial charge in [-0.3, -0.25) is 4.98 Å². The zero-order valence-corrected chi connectivity index (χ0v) is 9.36. The summed E-state index contributed by atoms with van der Waals surface area (Å²) < 4.78 is 1.78. The van der Waals surface area contributed by atoms with Crippen LogP contribution in [0.4, 0.5) is 0 Å². The Kier molecular flexibility index (Phi) is 2.68. The Morgan fingerprint density at radius 1 is 1.40 bits per heavy atom. The highest BCUT2D eigenvalue weighted by Gasteiger charge is 2.05. The molecule has 0 fully saturated rings. The van der Waals surface area contributed by atoms with E-state index in [0.717, 1.165) is 23.0 Å². The zero-order chi connectivity index (χ0) is 10.8. The van der Waals surface area contributed by atoms with Crippen molar-refractivity contribution >= 4 is 11.6 Å². The molecule has 0 N–H and O–H groups in total. The zero-order valence-electron chi connectivity index (χ0n) is 8.61. The maximum atomic E-state index is 5.72. The highest BCUT2D eigenvalue weighted by Crippen LogP contribution is 2.11. The lowest BCUT2D eigenvalue weighted by atomic mass is 10.3. The van der Waals surface area contributed by atoms with Gasteiger partial charge in [-0.1, -0.05) is 0 Å². The van der Waals surface area contributed by atoms with Crippen LogP contribution in [0, 0.1) is 13.8 Å². The van der Waals surface area contributed by atoms with E-state index in [9.17, 15) is 0 Å². The summed E-state index contributed by atoms with van der Waals surface area (Å²) in [5.41, 5.74) is 1.78. The Labute approximate surface area is 92.9 Å². The number of aromatic nitrogens is 4. The van der Waals surface area contributed by atoms with Gasteiger partial charge in [0.1, 0.15) is 11.6 Å². The van der Waals surface area contributed by atoms with E-state index in [1.54, 1.807) is 10.9 Å². The molecule has 0 saturated carbocycles. The normalized spacial score (nSPS) is 10.6. The second kappa shape index (κ2) is 3.98. The molecule has 2 rings (SSSR count). The minimum atomic E-state index is 0.403. The van der Waals surface area contributed by atoms with Crippen LogP contribution < -0.4 is 0 Å². The highest BCUT2D eigenvalue weighted by molar-refractivity contribution is 6.16. The Morgan fingerprint density at radius 3 is 2.80 bits per heavy atom. The molecule has 0 aliphatic rings. The van der Waals surface area contributed by atoms with Gasteiger partial charge in [-0.2, -0.15) is 5.10 Å². The minimum Gasteiger partial charge on any atom is -0.260 e. The fourth-order valence-corrected chi connectivity index (χ4v) is 1.58. The van der Waals surface area contributed by atoms with Crippen molar-refractivity contribution in [3.05, 3.63) is 35.7 Å². The van der Waals surface area contributed by atoms with E-state index in [1.165, 1.54) is 0 Å². The largest absolute Gasteiger partial charge is 0.260 e. The Bertz CT molecular complexity index is 478. The molecule has 5 heteroatoms. The molecule has 0 amide bonds. The topological polar surface area (TPSA) is 43.6 Å². The van der Waals surface area contributed by atoms with Gasteiger partial charge in [0.05, 0.1) is 17.3 Å². The van der Waals surface area contributed by atoms with Crippen LogP contribution in [0.15, 0.2) is 18.3 Å². The Morgan fingerprint density at radius 2 is 2.20 bits per heavy atom. The number of aryl methyl sites for hydroxylation is 2. The summed E-state index contributed by atoms with van der Waals surface area (Å²) in [5.74, 6) is 2.02. The summed E-state index contributed by atoms with van der Waals surface area (Å²) in [4.78, 5) is 8.37. The second-order valence-corrected chi connectivity index (χ2v) is 3.52. The Hall–Kier alpha value is -1.42. The van der Waals surface area contributed by atoms with Crippen molar-refractivity contribution in [2.45, 2.75) is 19.7 Å². The molecule has 4 nitrogen and oxygen atoms in total. The predicted molar refractivity (Wildman–Crippen MR) is 58.2 cm³/mol. The number of nitrogens with zero attached hydrogens (tertiary/aromatic N) is 4. The van der Waals surface area contributed by atoms with Crippen molar-refractivity contribution in [3.8, 4) is 5.69 Å². The van der Waals surface area contributed by atoms with E-state index in [4.69, 9.17) is 11.6 Å². The third kappa shape index (κ3) is 1.99. The molecule has 0 atom stereocenters. The molecule has 0 radical (unpaired) electrons. The van der Waals surface area contributed by atoms with Crippen molar-refractivity contribution in [1.29, 1.82) is 0 Å². The van der Waals surface area contributed by atoms with Crippen LogP contribution in [0.2, 0.25) is 0 Å². The number of hydrogen-bond donors (Lipinski definition) is 0. The molecule has 2 aromatic heterocycles. The third-order valence-corrected chi connectivity index (χ3v) is 2.33. The lowest BCUT2D eigenvalue weighted by Crippen LogP contribution is -2.00. The first kappa shape index (κ1) is 10.1. The number of halogens is 1. The van der Waals surface area contributed by atoms with Crippen molar-refractivity contribution in [2.24, 2.45) is 0 Å². The average Bonchev–Trinajstić information content (AvgIpc) is 2.58. The molecule has 78 valence electrons. The fraction of sp³-hybridized carbons (Fsp3) is 0.300. The van der Waals surface area contributed by atoms with E-state index in [2.05, 4.69) is 15.1 Å². The lowest BCUT2D eigenvalue weighted by molar-refractivity contribution is 0.826. The van der Waals surface area contributed by atoms with Gasteiger partial charge in [0.2, 0.25) is 0 Å². The van der Waals surface area contributed by atoms with Crippen molar-refractivity contribution in [3.63, 3.8) is 0 Å². The van der Waals surface area contributed by atoms with E-state index in [1.807, 2.05) is 26.0 Å². The average molecular weight is 223 g/mol. The molecular formula is C10H11ClN4. The first-order chi connectivity index (χ1) is 7.20. The molecule has 0 saturated heterocycles. The van der Waals surface area contributed by atoms with Crippen LogP contribution in [0.3, 0.4) is 0 Å². The maximum Gasteiger partial charge on any atom is 0.148 e. The first-order valence-corrected chi connectivity index (χ1v) is 5.15. The molecule has 2 aromatic rings. The smallest absolute Gasteiger partial charge is 0.148 e. The summed E-state index contributed by atoms with van der Waals surface area (Å²) in [6.45, 7) is 3.79. The van der Waals surface area contributed by atoms with Gasteiger partial charge < -0.3 is 0 Å². The van der Waals surface area contributed by atoms with Gasteiger partial charge in [-0.15, -0.1) is 11.6 Å². The molecule has 0 spiro atoms. The summed E-state index contributed by atoms with van der Waals surface area (Å²) in [7, 11) is 0. The molecular weight excluding hydrogens is 212 g/mol.